The van der Waals surface area contributed by atoms with Crippen molar-refractivity contribution in [2.75, 3.05) is 0 Å². The molecule has 8 atom stereocenters. The Morgan fingerprint density at radius 2 is 1.96 bits per heavy atom. The quantitative estimate of drug-likeness (QED) is 0.772. The van der Waals surface area contributed by atoms with Gasteiger partial charge in [0.2, 0.25) is 0 Å². The molecular formula is C22H32O3. The van der Waals surface area contributed by atoms with Gasteiger partial charge in [0.05, 0.1) is 0 Å². The minimum Gasteiger partial charge on any atom is -0.385 e. The minimum absolute atomic E-state index is 0.00800. The largest absolute Gasteiger partial charge is 0.385 e. The van der Waals surface area contributed by atoms with Crippen molar-refractivity contribution >= 4 is 12.1 Å². The number of rotatable bonds is 2. The summed E-state index contributed by atoms with van der Waals surface area (Å²) in [6.45, 7) is 6.84. The molecule has 1 N–H and O–H groups in total. The number of aliphatic hydroxyl groups excluding tert-OH is 1. The molecule has 3 saturated carbocycles. The summed E-state index contributed by atoms with van der Waals surface area (Å²) in [5.74, 6) is 2.57. The number of carbonyl (C=O) groups is 2. The van der Waals surface area contributed by atoms with Gasteiger partial charge in [-0.2, -0.15) is 0 Å². The minimum atomic E-state index is -0.813. The van der Waals surface area contributed by atoms with Gasteiger partial charge < -0.3 is 9.90 Å². The van der Waals surface area contributed by atoms with Crippen LogP contribution in [0.2, 0.25) is 0 Å². The maximum absolute atomic E-state index is 12.0. The molecule has 0 spiro atoms. The molecule has 0 aromatic carbocycles. The summed E-state index contributed by atoms with van der Waals surface area (Å²) in [6, 6.07) is 0. The van der Waals surface area contributed by atoms with Crippen LogP contribution in [0, 0.1) is 40.4 Å². The van der Waals surface area contributed by atoms with Crippen LogP contribution in [-0.4, -0.2) is 23.3 Å². The second-order valence-electron chi connectivity index (χ2n) is 9.85. The van der Waals surface area contributed by atoms with Gasteiger partial charge in [0.1, 0.15) is 12.4 Å². The van der Waals surface area contributed by atoms with Crippen LogP contribution < -0.4 is 0 Å². The van der Waals surface area contributed by atoms with Crippen molar-refractivity contribution in [2.24, 2.45) is 40.4 Å². The summed E-state index contributed by atoms with van der Waals surface area (Å²) >= 11 is 0. The van der Waals surface area contributed by atoms with E-state index in [-0.39, 0.29) is 17.1 Å². The highest BCUT2D eigenvalue weighted by Gasteiger charge is 2.60. The van der Waals surface area contributed by atoms with Crippen LogP contribution in [-0.2, 0) is 9.59 Å². The molecule has 0 amide bonds. The van der Waals surface area contributed by atoms with Gasteiger partial charge in [0.15, 0.2) is 5.78 Å². The smallest absolute Gasteiger partial charge is 0.184 e. The van der Waals surface area contributed by atoms with Gasteiger partial charge in [0.25, 0.3) is 0 Å². The van der Waals surface area contributed by atoms with Crippen molar-refractivity contribution < 1.29 is 14.7 Å². The van der Waals surface area contributed by atoms with E-state index in [9.17, 15) is 14.7 Å². The van der Waals surface area contributed by atoms with Crippen LogP contribution in [0.25, 0.3) is 0 Å². The summed E-state index contributed by atoms with van der Waals surface area (Å²) in [5.41, 5.74) is 1.58. The third-order valence-electron chi connectivity index (χ3n) is 8.92. The lowest BCUT2D eigenvalue weighted by Gasteiger charge is -2.58. The van der Waals surface area contributed by atoms with Crippen molar-refractivity contribution in [3.05, 3.63) is 11.6 Å². The lowest BCUT2D eigenvalue weighted by molar-refractivity contribution is -0.128. The fourth-order valence-corrected chi connectivity index (χ4v) is 7.62. The normalized spacial score (nSPS) is 50.3. The van der Waals surface area contributed by atoms with Gasteiger partial charge in [-0.05, 0) is 85.5 Å². The predicted molar refractivity (Wildman–Crippen MR) is 96.8 cm³/mol. The Morgan fingerprint density at radius 1 is 1.20 bits per heavy atom. The van der Waals surface area contributed by atoms with Crippen LogP contribution >= 0.6 is 0 Å². The second kappa shape index (κ2) is 5.77. The van der Waals surface area contributed by atoms with Crippen LogP contribution in [0.15, 0.2) is 11.6 Å². The Morgan fingerprint density at radius 3 is 2.68 bits per heavy atom. The first-order chi connectivity index (χ1) is 11.8. The molecule has 2 unspecified atom stereocenters. The molecule has 0 radical (unpaired) electrons. The molecular weight excluding hydrogens is 312 g/mol. The molecule has 0 heterocycles. The molecule has 4 aliphatic carbocycles. The first kappa shape index (κ1) is 17.5. The average Bonchev–Trinajstić information content (AvgIpc) is 2.93. The monoisotopic (exact) mass is 344 g/mol. The average molecular weight is 344 g/mol. The van der Waals surface area contributed by atoms with Gasteiger partial charge in [-0.15, -0.1) is 0 Å². The van der Waals surface area contributed by atoms with Crippen LogP contribution in [0.3, 0.4) is 0 Å². The predicted octanol–water partition coefficient (Wildman–Crippen LogP) is 3.94. The Labute approximate surface area is 151 Å². The zero-order chi connectivity index (χ0) is 18.0. The van der Waals surface area contributed by atoms with E-state index in [0.717, 1.165) is 12.7 Å². The lowest BCUT2D eigenvalue weighted by atomic mass is 9.46. The molecule has 3 nitrogen and oxygen atoms in total. The van der Waals surface area contributed by atoms with E-state index in [2.05, 4.69) is 20.8 Å². The van der Waals surface area contributed by atoms with Crippen molar-refractivity contribution in [3.8, 4) is 0 Å². The second-order valence-corrected chi connectivity index (χ2v) is 9.85. The first-order valence-corrected chi connectivity index (χ1v) is 10.2. The molecule has 138 valence electrons. The fraction of sp³-hybridized carbons (Fsp3) is 0.818. The van der Waals surface area contributed by atoms with Crippen molar-refractivity contribution in [3.63, 3.8) is 0 Å². The number of aliphatic hydroxyl groups is 1. The Bertz CT molecular complexity index is 623. The molecule has 3 heteroatoms. The SMILES string of the molecule is CC(C=O)[C@H]1CC[C@H]2[C@@H]3CCC4=CC(=O)C(O)C[C@]4(C)[C@H]3CC[C@]12C. The van der Waals surface area contributed by atoms with E-state index in [1.807, 2.05) is 0 Å². The Hall–Kier alpha value is -0.960. The van der Waals surface area contributed by atoms with E-state index in [4.69, 9.17) is 0 Å². The number of aldehydes is 1. The lowest BCUT2D eigenvalue weighted by Crippen LogP contribution is -2.52. The van der Waals surface area contributed by atoms with Crippen LogP contribution in [0.4, 0.5) is 0 Å². The molecule has 0 bridgehead atoms. The van der Waals surface area contributed by atoms with Crippen LogP contribution in [0.1, 0.15) is 65.7 Å². The summed E-state index contributed by atoms with van der Waals surface area (Å²) in [6.07, 6.45) is 9.71. The van der Waals surface area contributed by atoms with Crippen molar-refractivity contribution in [2.45, 2.75) is 71.8 Å². The van der Waals surface area contributed by atoms with Gasteiger partial charge >= 0.3 is 0 Å². The van der Waals surface area contributed by atoms with E-state index in [0.29, 0.717) is 35.5 Å². The Balaban J connectivity index is 1.65. The summed E-state index contributed by atoms with van der Waals surface area (Å²) in [4.78, 5) is 23.4. The van der Waals surface area contributed by atoms with Crippen molar-refractivity contribution in [1.29, 1.82) is 0 Å². The molecule has 0 saturated heterocycles. The highest BCUT2D eigenvalue weighted by atomic mass is 16.3. The molecule has 3 fully saturated rings. The van der Waals surface area contributed by atoms with Gasteiger partial charge in [-0.25, -0.2) is 0 Å². The number of fused-ring (bicyclic) bond motifs is 5. The molecule has 4 aliphatic rings. The molecule has 0 aromatic rings. The maximum atomic E-state index is 12.0. The fourth-order valence-electron chi connectivity index (χ4n) is 7.62. The number of hydrogen-bond donors (Lipinski definition) is 1. The van der Waals surface area contributed by atoms with Gasteiger partial charge in [-0.1, -0.05) is 26.3 Å². The van der Waals surface area contributed by atoms with Crippen molar-refractivity contribution in [1.82, 2.24) is 0 Å². The van der Waals surface area contributed by atoms with Gasteiger partial charge in [-0.3, -0.25) is 4.79 Å². The third kappa shape index (κ3) is 2.34. The molecule has 0 aliphatic heterocycles. The van der Waals surface area contributed by atoms with Gasteiger partial charge in [0, 0.05) is 5.92 Å². The number of allylic oxidation sites excluding steroid dienone is 1. The van der Waals surface area contributed by atoms with E-state index >= 15 is 0 Å². The Kier molecular flexibility index (Phi) is 4.03. The zero-order valence-corrected chi connectivity index (χ0v) is 15.8. The molecule has 0 aromatic heterocycles. The van der Waals surface area contributed by atoms with E-state index in [1.54, 1.807) is 6.08 Å². The number of ketones is 1. The standard InChI is InChI=1S/C22H32O3/c1-13(12-23)16-6-7-17-15-5-4-14-10-19(24)20(25)11-22(14,3)18(15)8-9-21(16,17)2/h10,12-13,15-18,20,25H,4-9,11H2,1-3H3/t13?,15-,16+,17-,18-,20?,21+,22-/m0/s1. The summed E-state index contributed by atoms with van der Waals surface area (Å²) in [5, 5.41) is 10.2. The summed E-state index contributed by atoms with van der Waals surface area (Å²) < 4.78 is 0. The maximum Gasteiger partial charge on any atom is 0.184 e. The zero-order valence-electron chi connectivity index (χ0n) is 15.8. The third-order valence-corrected chi connectivity index (χ3v) is 8.92. The summed E-state index contributed by atoms with van der Waals surface area (Å²) in [7, 11) is 0. The molecule has 4 rings (SSSR count). The highest BCUT2D eigenvalue weighted by molar-refractivity contribution is 5.95. The first-order valence-electron chi connectivity index (χ1n) is 10.2. The highest BCUT2D eigenvalue weighted by Crippen LogP contribution is 2.67. The van der Waals surface area contributed by atoms with E-state index < -0.39 is 6.10 Å². The molecule has 25 heavy (non-hydrogen) atoms. The van der Waals surface area contributed by atoms with E-state index in [1.165, 1.54) is 37.7 Å². The number of hydrogen-bond acceptors (Lipinski definition) is 3. The number of carbonyl (C=O) groups excluding carboxylic acids is 2. The topological polar surface area (TPSA) is 54.4 Å². The van der Waals surface area contributed by atoms with Crippen LogP contribution in [0.5, 0.6) is 0 Å².